The van der Waals surface area contributed by atoms with Crippen molar-refractivity contribution in [2.24, 2.45) is 0 Å². The number of carboxylic acid groups (broad SMARTS) is 1. The van der Waals surface area contributed by atoms with E-state index in [4.69, 9.17) is 52.1 Å². The topological polar surface area (TPSA) is 69.6 Å². The number of thiocarbonyl (C=S) groups is 3. The molecule has 0 fully saturated rings. The number of carboxylic acids is 1. The summed E-state index contributed by atoms with van der Waals surface area (Å²) < 4.78 is 0.974. The lowest BCUT2D eigenvalue weighted by molar-refractivity contribution is -0.138. The molecular weight excluding hydrogens is 562 g/mol. The van der Waals surface area contributed by atoms with Crippen LogP contribution in [0.15, 0.2) is 0 Å². The largest absolute Gasteiger partial charge is 0.480 e. The molecule has 0 rings (SSSR count). The van der Waals surface area contributed by atoms with Crippen LogP contribution in [0, 0.1) is 0 Å². The molecule has 0 spiro atoms. The minimum Gasteiger partial charge on any atom is -0.480 e. The maximum atomic E-state index is 10.9. The summed E-state index contributed by atoms with van der Waals surface area (Å²) in [6.45, 7) is 18.4. The molecular formula is C18H36Cl4N2O3S4. The third-order valence-electron chi connectivity index (χ3n) is 2.38. The molecule has 0 aromatic heterocycles. The smallest absolute Gasteiger partial charge is 0.319 e. The van der Waals surface area contributed by atoms with E-state index in [9.17, 15) is 9.59 Å². The third-order valence-corrected chi connectivity index (χ3v) is 4.01. The number of carbonyl (C=O) groups is 2. The van der Waals surface area contributed by atoms with Gasteiger partial charge in [0, 0.05) is 17.4 Å². The fourth-order valence-electron chi connectivity index (χ4n) is 1.06. The zero-order valence-electron chi connectivity index (χ0n) is 19.3. The number of nitrogens with zero attached hydrogens (tertiary/aromatic N) is 1. The Hall–Kier alpha value is 0.720. The van der Waals surface area contributed by atoms with Crippen LogP contribution in [0.3, 0.4) is 0 Å². The van der Waals surface area contributed by atoms with Crippen LogP contribution >= 0.6 is 95.6 Å². The minimum absolute atomic E-state index is 0. The first kappa shape index (κ1) is 45.3. The third kappa shape index (κ3) is 53.7. The molecule has 0 saturated carbocycles. The minimum atomic E-state index is -0.848. The zero-order valence-corrected chi connectivity index (χ0v) is 25.6. The van der Waals surface area contributed by atoms with E-state index in [1.165, 1.54) is 25.6 Å². The first-order valence-corrected chi connectivity index (χ1v) is 12.3. The van der Waals surface area contributed by atoms with Gasteiger partial charge in [-0.25, -0.2) is 0 Å². The van der Waals surface area contributed by atoms with Gasteiger partial charge in [0.25, 0.3) is 0 Å². The van der Waals surface area contributed by atoms with Crippen molar-refractivity contribution >= 4 is 116 Å². The Kier molecular flexibility index (Phi) is 48.0. The number of Topliss-reactive ketones (excluding diaryl/α,β-unsaturated/α-hetero) is 1. The molecule has 188 valence electrons. The summed E-state index contributed by atoms with van der Waals surface area (Å²) in [4.78, 5) is 22.3. The Morgan fingerprint density at radius 2 is 1.32 bits per heavy atom. The summed E-state index contributed by atoms with van der Waals surface area (Å²) in [5.41, 5.74) is 0. The summed E-state index contributed by atoms with van der Waals surface area (Å²) >= 11 is 28.7. The van der Waals surface area contributed by atoms with Crippen molar-refractivity contribution in [2.75, 3.05) is 26.2 Å². The van der Waals surface area contributed by atoms with Crippen molar-refractivity contribution in [1.82, 2.24) is 10.2 Å². The summed E-state index contributed by atoms with van der Waals surface area (Å²) in [6, 6.07) is 0. The van der Waals surface area contributed by atoms with Gasteiger partial charge in [-0.3, -0.25) is 4.79 Å². The number of halogens is 4. The van der Waals surface area contributed by atoms with Crippen molar-refractivity contribution < 1.29 is 14.7 Å². The van der Waals surface area contributed by atoms with Crippen molar-refractivity contribution in [2.45, 2.75) is 64.4 Å². The van der Waals surface area contributed by atoms with Crippen LogP contribution in [-0.2, 0) is 9.59 Å². The van der Waals surface area contributed by atoms with E-state index < -0.39 is 15.0 Å². The average Bonchev–Trinajstić information content (AvgIpc) is 2.56. The maximum absolute atomic E-state index is 10.9. The van der Waals surface area contributed by atoms with Crippen LogP contribution in [-0.4, -0.2) is 65.6 Å². The molecule has 0 saturated heterocycles. The highest BCUT2D eigenvalue weighted by Gasteiger charge is 2.30. The lowest BCUT2D eigenvalue weighted by atomic mass is 10.2. The maximum Gasteiger partial charge on any atom is 0.319 e. The Bertz CT molecular complexity index is 468. The van der Waals surface area contributed by atoms with E-state index in [0.717, 1.165) is 26.2 Å². The van der Waals surface area contributed by atoms with E-state index in [0.29, 0.717) is 4.32 Å². The summed E-state index contributed by atoms with van der Waals surface area (Å²) in [6.07, 6.45) is 0. The highest BCUT2D eigenvalue weighted by Crippen LogP contribution is 2.27. The molecule has 0 heterocycles. The monoisotopic (exact) mass is 596 g/mol. The van der Waals surface area contributed by atoms with Gasteiger partial charge in [0.15, 0.2) is 4.30 Å². The van der Waals surface area contributed by atoms with E-state index in [1.54, 1.807) is 13.8 Å². The van der Waals surface area contributed by atoms with Crippen molar-refractivity contribution in [3.63, 3.8) is 0 Å². The molecule has 0 aliphatic rings. The number of thioether (sulfide) groups is 1. The zero-order chi connectivity index (χ0) is 25.3. The van der Waals surface area contributed by atoms with Gasteiger partial charge in [-0.15, -0.1) is 12.4 Å². The first-order chi connectivity index (χ1) is 13.6. The van der Waals surface area contributed by atoms with Crippen molar-refractivity contribution in [3.8, 4) is 0 Å². The summed E-state index contributed by atoms with van der Waals surface area (Å²) in [5, 5.41) is 12.0. The number of hydrogen-bond donors (Lipinski definition) is 2. The van der Waals surface area contributed by atoms with E-state index in [-0.39, 0.29) is 18.2 Å². The number of carbonyl (C=O) groups excluding carboxylic acids is 1. The predicted octanol–water partition coefficient (Wildman–Crippen LogP) is 6.85. The molecule has 13 heteroatoms. The lowest BCUT2D eigenvalue weighted by Crippen LogP contribution is -2.34. The Morgan fingerprint density at radius 3 is 1.45 bits per heavy atom. The van der Waals surface area contributed by atoms with E-state index >= 15 is 0 Å². The number of ketones is 1. The SMILES string of the molecule is CC(C)=O.CCN(CC)C(=S)SC(C)(C)C(=O)O.CCNCC.Cl.ClC(Cl)Cl.S=C=S. The van der Waals surface area contributed by atoms with Gasteiger partial charge in [0.1, 0.15) is 14.9 Å². The molecule has 0 bridgehead atoms. The van der Waals surface area contributed by atoms with E-state index in [2.05, 4.69) is 43.6 Å². The van der Waals surface area contributed by atoms with Gasteiger partial charge in [-0.1, -0.05) is 72.6 Å². The first-order valence-electron chi connectivity index (χ1n) is 8.95. The molecule has 0 aromatic rings. The highest BCUT2D eigenvalue weighted by molar-refractivity contribution is 8.24. The Labute approximate surface area is 230 Å². The van der Waals surface area contributed by atoms with Crippen LogP contribution in [0.1, 0.15) is 55.4 Å². The van der Waals surface area contributed by atoms with Crippen LogP contribution in [0.2, 0.25) is 0 Å². The molecule has 5 nitrogen and oxygen atoms in total. The van der Waals surface area contributed by atoms with Crippen molar-refractivity contribution in [3.05, 3.63) is 0 Å². The van der Waals surface area contributed by atoms with Crippen LogP contribution in [0.5, 0.6) is 0 Å². The lowest BCUT2D eigenvalue weighted by Gasteiger charge is -2.26. The Balaban J connectivity index is -0.0000000758. The molecule has 0 amide bonds. The van der Waals surface area contributed by atoms with Gasteiger partial charge >= 0.3 is 5.97 Å². The standard InChI is InChI=1S/C9H17NO2S2.C4H11N.C3H6O.CHCl3.CS2.ClH/c1-5-10(6-2)8(13)14-9(3,4)7(11)12;1-3-5-4-2;1-3(2)4;2-1(3)4;2-1-3;/h5-6H2,1-4H3,(H,11,12);5H,3-4H2,1-2H3;1-2H3;1H;;1H. The van der Waals surface area contributed by atoms with Gasteiger partial charge in [-0.2, -0.15) is 0 Å². The Morgan fingerprint density at radius 1 is 1.06 bits per heavy atom. The van der Waals surface area contributed by atoms with Crippen molar-refractivity contribution in [1.29, 1.82) is 0 Å². The number of alkyl halides is 3. The number of rotatable bonds is 6. The van der Waals surface area contributed by atoms with Gasteiger partial charge in [0.05, 0.1) is 0 Å². The number of aliphatic carboxylic acids is 1. The second-order valence-electron chi connectivity index (χ2n) is 5.55. The molecule has 31 heavy (non-hydrogen) atoms. The molecule has 0 aliphatic heterocycles. The molecule has 2 N–H and O–H groups in total. The van der Waals surface area contributed by atoms with Crippen LogP contribution < -0.4 is 5.32 Å². The molecule has 0 aromatic carbocycles. The second-order valence-corrected chi connectivity index (χ2v) is 10.5. The number of nitrogens with one attached hydrogen (secondary N) is 1. The summed E-state index contributed by atoms with van der Waals surface area (Å²) in [5.74, 6) is -0.669. The number of hydrogen-bond acceptors (Lipinski definition) is 7. The second kappa shape index (κ2) is 32.9. The van der Waals surface area contributed by atoms with Crippen LogP contribution in [0.25, 0.3) is 0 Å². The molecule has 0 radical (unpaired) electrons. The fourth-order valence-corrected chi connectivity index (χ4v) is 2.85. The van der Waals surface area contributed by atoms with Crippen LogP contribution in [0.4, 0.5) is 0 Å². The van der Waals surface area contributed by atoms with Gasteiger partial charge in [0.2, 0.25) is 0 Å². The van der Waals surface area contributed by atoms with Gasteiger partial charge in [-0.05, 0) is 79.1 Å². The van der Waals surface area contributed by atoms with Gasteiger partial charge < -0.3 is 20.1 Å². The normalized spacial score (nSPS) is 8.65. The highest BCUT2D eigenvalue weighted by atomic mass is 35.6. The predicted molar refractivity (Wildman–Crippen MR) is 154 cm³/mol. The molecule has 0 unspecified atom stereocenters. The molecule has 0 aliphatic carbocycles. The summed E-state index contributed by atoms with van der Waals surface area (Å²) in [7, 11) is 0. The average molecular weight is 599 g/mol. The fraction of sp³-hybridized carbons (Fsp3) is 0.778. The quantitative estimate of drug-likeness (QED) is 0.253. The molecule has 0 atom stereocenters. The van der Waals surface area contributed by atoms with E-state index in [1.807, 2.05) is 23.1 Å².